The molecular weight excluding hydrogens is 314 g/mol. The van der Waals surface area contributed by atoms with Gasteiger partial charge in [-0.25, -0.2) is 4.79 Å². The quantitative estimate of drug-likeness (QED) is 0.575. The summed E-state index contributed by atoms with van der Waals surface area (Å²) in [7, 11) is 4.52. The van der Waals surface area contributed by atoms with E-state index in [2.05, 4.69) is 5.32 Å². The van der Waals surface area contributed by atoms with Crippen LogP contribution in [0.2, 0.25) is 0 Å². The van der Waals surface area contributed by atoms with Crippen molar-refractivity contribution in [2.75, 3.05) is 27.9 Å². The second-order valence-electron chi connectivity index (χ2n) is 4.77. The normalized spacial score (nSPS) is 11.7. The standard InChI is InChI=1S/C17H23NO6/c1-6-18-17(20)11(2)24-15(19)8-7-12-9-13(21-3)16(23-5)14(10-12)22-4/h7-11H,6H2,1-5H3,(H,18,20)/b8-7+/t11-/m0/s1. The predicted octanol–water partition coefficient (Wildman–Crippen LogP) is 1.79. The average Bonchev–Trinajstić information content (AvgIpc) is 2.58. The van der Waals surface area contributed by atoms with Gasteiger partial charge in [-0.3, -0.25) is 4.79 Å². The summed E-state index contributed by atoms with van der Waals surface area (Å²) in [5, 5.41) is 2.58. The minimum absolute atomic E-state index is 0.341. The molecule has 0 spiro atoms. The van der Waals surface area contributed by atoms with Gasteiger partial charge in [-0.1, -0.05) is 0 Å². The summed E-state index contributed by atoms with van der Waals surface area (Å²) < 4.78 is 20.7. The second kappa shape index (κ2) is 9.44. The summed E-state index contributed by atoms with van der Waals surface area (Å²) in [4.78, 5) is 23.3. The first-order chi connectivity index (χ1) is 11.5. The van der Waals surface area contributed by atoms with E-state index in [1.807, 2.05) is 0 Å². The third-order valence-corrected chi connectivity index (χ3v) is 3.11. The number of esters is 1. The molecule has 0 aliphatic rings. The van der Waals surface area contributed by atoms with E-state index < -0.39 is 12.1 Å². The first-order valence-electron chi connectivity index (χ1n) is 7.43. The van der Waals surface area contributed by atoms with Crippen molar-refractivity contribution in [2.24, 2.45) is 0 Å². The zero-order chi connectivity index (χ0) is 18.1. The maximum absolute atomic E-state index is 11.8. The largest absolute Gasteiger partial charge is 0.493 e. The van der Waals surface area contributed by atoms with E-state index in [1.165, 1.54) is 40.4 Å². The number of ether oxygens (including phenoxy) is 4. The molecule has 0 bridgehead atoms. The van der Waals surface area contributed by atoms with Crippen molar-refractivity contribution >= 4 is 18.0 Å². The lowest BCUT2D eigenvalue weighted by molar-refractivity contribution is -0.150. The molecule has 24 heavy (non-hydrogen) atoms. The molecule has 1 amide bonds. The third-order valence-electron chi connectivity index (χ3n) is 3.11. The van der Waals surface area contributed by atoms with Crippen LogP contribution in [-0.4, -0.2) is 45.9 Å². The molecule has 0 unspecified atom stereocenters. The van der Waals surface area contributed by atoms with Gasteiger partial charge in [0, 0.05) is 12.6 Å². The molecule has 1 aromatic carbocycles. The van der Waals surface area contributed by atoms with Gasteiger partial charge in [0.25, 0.3) is 5.91 Å². The van der Waals surface area contributed by atoms with Crippen LogP contribution in [0.25, 0.3) is 6.08 Å². The molecule has 0 heterocycles. The van der Waals surface area contributed by atoms with Crippen LogP contribution >= 0.6 is 0 Å². The van der Waals surface area contributed by atoms with Crippen molar-refractivity contribution in [3.63, 3.8) is 0 Å². The number of rotatable bonds is 8. The lowest BCUT2D eigenvalue weighted by Crippen LogP contribution is -2.35. The molecule has 0 radical (unpaired) electrons. The highest BCUT2D eigenvalue weighted by molar-refractivity contribution is 5.90. The van der Waals surface area contributed by atoms with Crippen LogP contribution in [0.4, 0.5) is 0 Å². The van der Waals surface area contributed by atoms with Gasteiger partial charge in [0.15, 0.2) is 17.6 Å². The van der Waals surface area contributed by atoms with E-state index in [-0.39, 0.29) is 5.91 Å². The Bertz CT molecular complexity index is 586. The lowest BCUT2D eigenvalue weighted by Gasteiger charge is -2.13. The maximum Gasteiger partial charge on any atom is 0.331 e. The van der Waals surface area contributed by atoms with Gasteiger partial charge >= 0.3 is 5.97 Å². The van der Waals surface area contributed by atoms with Gasteiger partial charge in [-0.05, 0) is 37.6 Å². The number of hydrogen-bond acceptors (Lipinski definition) is 6. The van der Waals surface area contributed by atoms with Crippen molar-refractivity contribution in [1.29, 1.82) is 0 Å². The number of benzene rings is 1. The highest BCUT2D eigenvalue weighted by Gasteiger charge is 2.16. The van der Waals surface area contributed by atoms with Gasteiger partial charge < -0.3 is 24.3 Å². The number of methoxy groups -OCH3 is 3. The fourth-order valence-electron chi connectivity index (χ4n) is 1.95. The SMILES string of the molecule is CCNC(=O)[C@H](C)OC(=O)/C=C/c1cc(OC)c(OC)c(OC)c1. The van der Waals surface area contributed by atoms with Gasteiger partial charge in [-0.2, -0.15) is 0 Å². The molecule has 0 aromatic heterocycles. The Hall–Kier alpha value is -2.70. The Kier molecular flexibility index (Phi) is 7.61. The number of carbonyl (C=O) groups is 2. The minimum Gasteiger partial charge on any atom is -0.493 e. The zero-order valence-electron chi connectivity index (χ0n) is 14.5. The van der Waals surface area contributed by atoms with E-state index in [0.717, 1.165) is 0 Å². The maximum atomic E-state index is 11.8. The number of hydrogen-bond donors (Lipinski definition) is 1. The summed E-state index contributed by atoms with van der Waals surface area (Å²) in [6, 6.07) is 3.39. The van der Waals surface area contributed by atoms with Gasteiger partial charge in [0.2, 0.25) is 5.75 Å². The number of nitrogens with one attached hydrogen (secondary N) is 1. The first-order valence-corrected chi connectivity index (χ1v) is 7.43. The highest BCUT2D eigenvalue weighted by Crippen LogP contribution is 2.38. The van der Waals surface area contributed by atoms with E-state index in [4.69, 9.17) is 18.9 Å². The molecule has 7 nitrogen and oxygen atoms in total. The van der Waals surface area contributed by atoms with Crippen LogP contribution in [0.5, 0.6) is 17.2 Å². The molecule has 1 atom stereocenters. The van der Waals surface area contributed by atoms with Crippen molar-refractivity contribution in [2.45, 2.75) is 20.0 Å². The van der Waals surface area contributed by atoms with Crippen LogP contribution in [0.1, 0.15) is 19.4 Å². The van der Waals surface area contributed by atoms with Crippen molar-refractivity contribution in [3.8, 4) is 17.2 Å². The van der Waals surface area contributed by atoms with Crippen LogP contribution < -0.4 is 19.5 Å². The summed E-state index contributed by atoms with van der Waals surface area (Å²) in [6.07, 6.45) is 1.91. The summed E-state index contributed by atoms with van der Waals surface area (Å²) in [5.41, 5.74) is 0.659. The topological polar surface area (TPSA) is 83.1 Å². The minimum atomic E-state index is -0.859. The molecule has 0 fully saturated rings. The van der Waals surface area contributed by atoms with Gasteiger partial charge in [-0.15, -0.1) is 0 Å². The monoisotopic (exact) mass is 337 g/mol. The van der Waals surface area contributed by atoms with Crippen molar-refractivity contribution in [3.05, 3.63) is 23.8 Å². The molecule has 132 valence electrons. The Morgan fingerprint density at radius 3 is 2.17 bits per heavy atom. The summed E-state index contributed by atoms with van der Waals surface area (Å²) >= 11 is 0. The molecule has 0 aliphatic carbocycles. The average molecular weight is 337 g/mol. The van der Waals surface area contributed by atoms with Crippen LogP contribution in [0, 0.1) is 0 Å². The van der Waals surface area contributed by atoms with Crippen LogP contribution in [-0.2, 0) is 14.3 Å². The van der Waals surface area contributed by atoms with E-state index >= 15 is 0 Å². The van der Waals surface area contributed by atoms with Gasteiger partial charge in [0.1, 0.15) is 0 Å². The second-order valence-corrected chi connectivity index (χ2v) is 4.77. The van der Waals surface area contributed by atoms with E-state index in [9.17, 15) is 9.59 Å². The molecular formula is C17H23NO6. The number of likely N-dealkylation sites (N-methyl/N-ethyl adjacent to an activating group) is 1. The Morgan fingerprint density at radius 2 is 1.71 bits per heavy atom. The van der Waals surface area contributed by atoms with Gasteiger partial charge in [0.05, 0.1) is 21.3 Å². The van der Waals surface area contributed by atoms with E-state index in [0.29, 0.717) is 29.4 Å². The molecule has 1 N–H and O–H groups in total. The lowest BCUT2D eigenvalue weighted by atomic mass is 10.1. The molecule has 1 aromatic rings. The summed E-state index contributed by atoms with van der Waals surface area (Å²) in [5.74, 6) is 0.445. The predicted molar refractivity (Wildman–Crippen MR) is 89.4 cm³/mol. The third kappa shape index (κ3) is 5.19. The fourth-order valence-corrected chi connectivity index (χ4v) is 1.95. The smallest absolute Gasteiger partial charge is 0.331 e. The molecule has 7 heteroatoms. The van der Waals surface area contributed by atoms with Crippen LogP contribution in [0.15, 0.2) is 18.2 Å². The Balaban J connectivity index is 2.86. The van der Waals surface area contributed by atoms with Crippen molar-refractivity contribution < 1.29 is 28.5 Å². The number of carbonyl (C=O) groups excluding carboxylic acids is 2. The molecule has 0 aliphatic heterocycles. The van der Waals surface area contributed by atoms with Crippen molar-refractivity contribution in [1.82, 2.24) is 5.32 Å². The van der Waals surface area contributed by atoms with Crippen LogP contribution in [0.3, 0.4) is 0 Å². The highest BCUT2D eigenvalue weighted by atomic mass is 16.5. The molecule has 1 rings (SSSR count). The number of amides is 1. The molecule has 0 saturated carbocycles. The first kappa shape index (κ1) is 19.3. The fraction of sp³-hybridized carbons (Fsp3) is 0.412. The Labute approximate surface area is 141 Å². The Morgan fingerprint density at radius 1 is 1.12 bits per heavy atom. The summed E-state index contributed by atoms with van der Waals surface area (Å²) in [6.45, 7) is 3.77. The van der Waals surface area contributed by atoms with E-state index in [1.54, 1.807) is 19.1 Å². The zero-order valence-corrected chi connectivity index (χ0v) is 14.5. The molecule has 0 saturated heterocycles.